The number of fused-ring (bicyclic) bond motifs is 1. The van der Waals surface area contributed by atoms with Gasteiger partial charge in [-0.05, 0) is 43.5 Å². The smallest absolute Gasteiger partial charge is 0.332 e. The van der Waals surface area contributed by atoms with Crippen LogP contribution in [-0.2, 0) is 22.4 Å². The number of carbonyl (C=O) groups is 2. The Morgan fingerprint density at radius 2 is 1.85 bits per heavy atom. The molecule has 1 aliphatic rings. The van der Waals surface area contributed by atoms with E-state index in [1.54, 1.807) is 19.9 Å². The SMILES string of the molecule is CCOC(=O)C1(NC(=O)c2c(C)cc(C)nc2Cl)Cc2ccccc2C1. The van der Waals surface area contributed by atoms with E-state index in [1.807, 2.05) is 31.2 Å². The molecule has 0 saturated carbocycles. The fourth-order valence-electron chi connectivity index (χ4n) is 3.51. The average molecular weight is 373 g/mol. The van der Waals surface area contributed by atoms with Crippen molar-refractivity contribution in [2.24, 2.45) is 0 Å². The summed E-state index contributed by atoms with van der Waals surface area (Å²) in [4.78, 5) is 29.9. The van der Waals surface area contributed by atoms with Gasteiger partial charge in [-0.15, -0.1) is 0 Å². The average Bonchev–Trinajstić information content (AvgIpc) is 2.93. The summed E-state index contributed by atoms with van der Waals surface area (Å²) in [7, 11) is 0. The van der Waals surface area contributed by atoms with E-state index in [-0.39, 0.29) is 17.3 Å². The number of halogens is 1. The highest BCUT2D eigenvalue weighted by molar-refractivity contribution is 6.33. The predicted octanol–water partition coefficient (Wildman–Crippen LogP) is 3.18. The molecule has 1 aromatic heterocycles. The highest BCUT2D eigenvalue weighted by Crippen LogP contribution is 2.32. The van der Waals surface area contributed by atoms with Gasteiger partial charge in [0.05, 0.1) is 12.2 Å². The number of nitrogens with zero attached hydrogens (tertiary/aromatic N) is 1. The lowest BCUT2D eigenvalue weighted by molar-refractivity contribution is -0.150. The predicted molar refractivity (Wildman–Crippen MR) is 99.4 cm³/mol. The Balaban J connectivity index is 1.96. The van der Waals surface area contributed by atoms with Crippen molar-refractivity contribution in [3.8, 4) is 0 Å². The van der Waals surface area contributed by atoms with E-state index in [1.165, 1.54) is 0 Å². The van der Waals surface area contributed by atoms with E-state index < -0.39 is 17.4 Å². The molecule has 0 atom stereocenters. The van der Waals surface area contributed by atoms with E-state index in [9.17, 15) is 9.59 Å². The number of aromatic nitrogens is 1. The van der Waals surface area contributed by atoms with Crippen LogP contribution in [0.4, 0.5) is 0 Å². The highest BCUT2D eigenvalue weighted by atomic mass is 35.5. The van der Waals surface area contributed by atoms with Crippen LogP contribution in [0.2, 0.25) is 5.15 Å². The third-order valence-electron chi connectivity index (χ3n) is 4.65. The summed E-state index contributed by atoms with van der Waals surface area (Å²) < 4.78 is 5.27. The van der Waals surface area contributed by atoms with E-state index >= 15 is 0 Å². The van der Waals surface area contributed by atoms with Crippen LogP contribution in [0.3, 0.4) is 0 Å². The lowest BCUT2D eigenvalue weighted by Crippen LogP contribution is -2.56. The molecule has 1 N–H and O–H groups in total. The number of hydrogen-bond acceptors (Lipinski definition) is 4. The summed E-state index contributed by atoms with van der Waals surface area (Å²) in [5.41, 5.74) is 2.68. The molecule has 0 unspecified atom stereocenters. The van der Waals surface area contributed by atoms with Gasteiger partial charge in [0.2, 0.25) is 0 Å². The number of ether oxygens (including phenoxy) is 1. The topological polar surface area (TPSA) is 68.3 Å². The molecule has 26 heavy (non-hydrogen) atoms. The maximum absolute atomic E-state index is 13.0. The molecule has 3 rings (SSSR count). The minimum Gasteiger partial charge on any atom is -0.464 e. The number of aryl methyl sites for hydroxylation is 2. The second-order valence-electron chi connectivity index (χ2n) is 6.63. The van der Waals surface area contributed by atoms with Gasteiger partial charge in [-0.3, -0.25) is 4.79 Å². The first-order chi connectivity index (χ1) is 12.4. The van der Waals surface area contributed by atoms with Gasteiger partial charge < -0.3 is 10.1 Å². The van der Waals surface area contributed by atoms with Crippen molar-refractivity contribution < 1.29 is 14.3 Å². The second-order valence-corrected chi connectivity index (χ2v) is 6.98. The standard InChI is InChI=1S/C20H21ClN2O3/c1-4-26-19(25)20(10-14-7-5-6-8-15(14)11-20)23-18(24)16-12(2)9-13(3)22-17(16)21/h5-9H,4,10-11H2,1-3H3,(H,23,24). The Hall–Kier alpha value is -2.40. The number of esters is 1. The zero-order chi connectivity index (χ0) is 18.9. The minimum atomic E-state index is -1.13. The lowest BCUT2D eigenvalue weighted by atomic mass is 9.94. The Kier molecular flexibility index (Phi) is 5.01. The normalized spacial score (nSPS) is 14.6. The third kappa shape index (κ3) is 3.31. The van der Waals surface area contributed by atoms with E-state index in [0.29, 0.717) is 12.8 Å². The Morgan fingerprint density at radius 1 is 1.23 bits per heavy atom. The van der Waals surface area contributed by atoms with Crippen LogP contribution >= 0.6 is 11.6 Å². The quantitative estimate of drug-likeness (QED) is 0.661. The molecule has 0 bridgehead atoms. The summed E-state index contributed by atoms with van der Waals surface area (Å²) in [6, 6.07) is 9.57. The maximum atomic E-state index is 13.0. The Bertz CT molecular complexity index is 831. The molecule has 1 amide bonds. The molecule has 1 heterocycles. The summed E-state index contributed by atoms with van der Waals surface area (Å²) in [6.45, 7) is 5.61. The number of rotatable bonds is 4. The summed E-state index contributed by atoms with van der Waals surface area (Å²) >= 11 is 6.20. The number of hydrogen-bond donors (Lipinski definition) is 1. The van der Waals surface area contributed by atoms with Gasteiger partial charge in [0.1, 0.15) is 10.7 Å². The Labute approximate surface area is 157 Å². The fourth-order valence-corrected chi connectivity index (χ4v) is 3.88. The number of nitrogens with one attached hydrogen (secondary N) is 1. The molecule has 1 aliphatic carbocycles. The zero-order valence-corrected chi connectivity index (χ0v) is 15.8. The van der Waals surface area contributed by atoms with Crippen molar-refractivity contribution in [2.45, 2.75) is 39.2 Å². The fraction of sp³-hybridized carbons (Fsp3) is 0.350. The van der Waals surface area contributed by atoms with Crippen LogP contribution in [0, 0.1) is 13.8 Å². The van der Waals surface area contributed by atoms with Gasteiger partial charge >= 0.3 is 5.97 Å². The van der Waals surface area contributed by atoms with Crippen molar-refractivity contribution in [3.05, 3.63) is 63.4 Å². The molecule has 1 aromatic carbocycles. The van der Waals surface area contributed by atoms with Crippen LogP contribution in [0.25, 0.3) is 0 Å². The van der Waals surface area contributed by atoms with Gasteiger partial charge in [0.25, 0.3) is 5.91 Å². The van der Waals surface area contributed by atoms with E-state index in [2.05, 4.69) is 10.3 Å². The monoisotopic (exact) mass is 372 g/mol. The molecule has 6 heteroatoms. The van der Waals surface area contributed by atoms with Gasteiger partial charge in [-0.2, -0.15) is 0 Å². The Morgan fingerprint density at radius 3 is 2.38 bits per heavy atom. The van der Waals surface area contributed by atoms with Gasteiger partial charge in [-0.1, -0.05) is 35.9 Å². The number of amides is 1. The minimum absolute atomic E-state index is 0.134. The number of carbonyl (C=O) groups excluding carboxylic acids is 2. The van der Waals surface area contributed by atoms with Crippen LogP contribution < -0.4 is 5.32 Å². The van der Waals surface area contributed by atoms with Crippen molar-refractivity contribution >= 4 is 23.5 Å². The summed E-state index contributed by atoms with van der Waals surface area (Å²) in [5, 5.41) is 3.04. The molecule has 0 fully saturated rings. The van der Waals surface area contributed by atoms with Crippen molar-refractivity contribution in [2.75, 3.05) is 6.61 Å². The first-order valence-electron chi connectivity index (χ1n) is 8.56. The van der Waals surface area contributed by atoms with E-state index in [0.717, 1.165) is 22.4 Å². The van der Waals surface area contributed by atoms with Crippen molar-refractivity contribution in [3.63, 3.8) is 0 Å². The highest BCUT2D eigenvalue weighted by Gasteiger charge is 2.46. The van der Waals surface area contributed by atoms with Crippen molar-refractivity contribution in [1.82, 2.24) is 10.3 Å². The van der Waals surface area contributed by atoms with E-state index in [4.69, 9.17) is 16.3 Å². The molecule has 0 spiro atoms. The number of benzene rings is 1. The molecule has 0 saturated heterocycles. The molecule has 5 nitrogen and oxygen atoms in total. The van der Waals surface area contributed by atoms with Crippen molar-refractivity contribution in [1.29, 1.82) is 0 Å². The van der Waals surface area contributed by atoms with Crippen LogP contribution in [-0.4, -0.2) is 29.0 Å². The molecule has 136 valence electrons. The molecule has 0 radical (unpaired) electrons. The molecular formula is C20H21ClN2O3. The number of pyridine rings is 1. The maximum Gasteiger partial charge on any atom is 0.332 e. The second kappa shape index (κ2) is 7.08. The lowest BCUT2D eigenvalue weighted by Gasteiger charge is -2.28. The first-order valence-corrected chi connectivity index (χ1v) is 8.94. The molecule has 0 aliphatic heterocycles. The van der Waals surface area contributed by atoms with Crippen LogP contribution in [0.5, 0.6) is 0 Å². The molecular weight excluding hydrogens is 352 g/mol. The summed E-state index contributed by atoms with van der Waals surface area (Å²) in [6.07, 6.45) is 0.785. The van der Waals surface area contributed by atoms with Gasteiger partial charge in [0.15, 0.2) is 0 Å². The van der Waals surface area contributed by atoms with Gasteiger partial charge in [-0.25, -0.2) is 9.78 Å². The van der Waals surface area contributed by atoms with Crippen LogP contribution in [0.15, 0.2) is 30.3 Å². The van der Waals surface area contributed by atoms with Gasteiger partial charge in [0, 0.05) is 18.5 Å². The third-order valence-corrected chi connectivity index (χ3v) is 4.92. The largest absolute Gasteiger partial charge is 0.464 e. The molecule has 2 aromatic rings. The zero-order valence-electron chi connectivity index (χ0n) is 15.1. The first kappa shape index (κ1) is 18.4. The van der Waals surface area contributed by atoms with Crippen LogP contribution in [0.1, 0.15) is 39.7 Å². The summed E-state index contributed by atoms with van der Waals surface area (Å²) in [5.74, 6) is -0.848.